The van der Waals surface area contributed by atoms with E-state index >= 15 is 0 Å². The molecule has 2 aliphatic rings. The smallest absolute Gasteiger partial charge is 0.170 e. The molecule has 0 aliphatic heterocycles. The molecular formula is C33H31FO3. The summed E-state index contributed by atoms with van der Waals surface area (Å²) in [7, 11) is 1.65. The number of methoxy groups -OCH3 is 1. The van der Waals surface area contributed by atoms with E-state index in [9.17, 15) is 9.18 Å². The number of ketones is 1. The van der Waals surface area contributed by atoms with Gasteiger partial charge in [-0.25, -0.2) is 4.39 Å². The summed E-state index contributed by atoms with van der Waals surface area (Å²) in [6.07, 6.45) is 7.93. The maximum atomic E-state index is 13.8. The molecule has 0 spiro atoms. The van der Waals surface area contributed by atoms with Crippen LogP contribution in [0, 0.1) is 18.7 Å². The molecule has 2 aliphatic carbocycles. The summed E-state index contributed by atoms with van der Waals surface area (Å²) in [5.41, 5.74) is 7.10. The van der Waals surface area contributed by atoms with Crippen molar-refractivity contribution in [2.45, 2.75) is 32.6 Å². The van der Waals surface area contributed by atoms with Gasteiger partial charge in [0.2, 0.25) is 0 Å². The maximum Gasteiger partial charge on any atom is 0.170 e. The van der Waals surface area contributed by atoms with Crippen LogP contribution in [0.1, 0.15) is 52.7 Å². The number of para-hydroxylation sites is 1. The van der Waals surface area contributed by atoms with Crippen molar-refractivity contribution in [3.05, 3.63) is 124 Å². The molecule has 0 radical (unpaired) electrons. The van der Waals surface area contributed by atoms with Gasteiger partial charge in [0.15, 0.2) is 17.3 Å². The Kier molecular flexibility index (Phi) is 7.09. The number of allylic oxidation sites excluding steroid dienone is 5. The molecule has 37 heavy (non-hydrogen) atoms. The molecule has 0 heterocycles. The lowest BCUT2D eigenvalue weighted by molar-refractivity contribution is 0.0934. The molecule has 4 heteroatoms. The van der Waals surface area contributed by atoms with E-state index in [2.05, 4.69) is 19.1 Å². The van der Waals surface area contributed by atoms with Crippen molar-refractivity contribution in [1.29, 1.82) is 0 Å². The second-order valence-corrected chi connectivity index (χ2v) is 9.89. The number of rotatable bonds is 8. The van der Waals surface area contributed by atoms with Crippen molar-refractivity contribution in [2.24, 2.45) is 5.92 Å². The fourth-order valence-corrected chi connectivity index (χ4v) is 5.36. The number of benzene rings is 3. The van der Waals surface area contributed by atoms with Gasteiger partial charge >= 0.3 is 0 Å². The summed E-state index contributed by atoms with van der Waals surface area (Å²) in [4.78, 5) is 13.8. The number of hydrogen-bond donors (Lipinski definition) is 0. The zero-order chi connectivity index (χ0) is 25.9. The number of hydrogen-bond acceptors (Lipinski definition) is 3. The van der Waals surface area contributed by atoms with Crippen LogP contribution in [-0.4, -0.2) is 19.5 Å². The van der Waals surface area contributed by atoms with Crippen molar-refractivity contribution >= 4 is 11.4 Å². The standard InChI is InChI=1S/C33H31FO3/c1-21-6-4-7-25(17-21)32(35)30-19-26(24-12-14-27(34)15-13-24)18-29(30)28-8-5-9-31(33(28)36-3)37-20-23-11-10-22(2)16-23/h4-10,12-17,19,29-30H,11,18,20H2,1-3H3. The molecule has 0 bridgehead atoms. The second kappa shape index (κ2) is 10.6. The summed E-state index contributed by atoms with van der Waals surface area (Å²) in [5, 5.41) is 0. The number of Topliss-reactive ketones (excluding diaryl/α,β-unsaturated/α-hetero) is 1. The molecular weight excluding hydrogens is 463 g/mol. The first kappa shape index (κ1) is 24.8. The Morgan fingerprint density at radius 1 is 1.03 bits per heavy atom. The van der Waals surface area contributed by atoms with Crippen LogP contribution < -0.4 is 9.47 Å². The summed E-state index contributed by atoms with van der Waals surface area (Å²) < 4.78 is 25.7. The number of ether oxygens (including phenoxy) is 2. The number of aryl methyl sites for hydroxylation is 1. The second-order valence-electron chi connectivity index (χ2n) is 9.89. The largest absolute Gasteiger partial charge is 0.493 e. The van der Waals surface area contributed by atoms with Crippen molar-refractivity contribution in [3.8, 4) is 11.5 Å². The molecule has 3 aromatic rings. The molecule has 3 nitrogen and oxygen atoms in total. The third kappa shape index (κ3) is 5.29. The van der Waals surface area contributed by atoms with Crippen molar-refractivity contribution in [2.75, 3.05) is 13.7 Å². The summed E-state index contributed by atoms with van der Waals surface area (Å²) in [6.45, 7) is 4.57. The predicted molar refractivity (Wildman–Crippen MR) is 146 cm³/mol. The first-order chi connectivity index (χ1) is 17.9. The van der Waals surface area contributed by atoms with Gasteiger partial charge < -0.3 is 9.47 Å². The SMILES string of the molecule is COc1c(OCC2=CC(C)=CC2)cccc1C1CC(c2ccc(F)cc2)=CC1C(=O)c1cccc(C)c1. The highest BCUT2D eigenvalue weighted by molar-refractivity contribution is 6.01. The lowest BCUT2D eigenvalue weighted by Gasteiger charge is -2.23. The molecule has 0 saturated heterocycles. The van der Waals surface area contributed by atoms with E-state index in [1.165, 1.54) is 23.3 Å². The fourth-order valence-electron chi connectivity index (χ4n) is 5.36. The average molecular weight is 495 g/mol. The van der Waals surface area contributed by atoms with Crippen LogP contribution in [0.5, 0.6) is 11.5 Å². The lowest BCUT2D eigenvalue weighted by Crippen LogP contribution is -2.18. The third-order valence-corrected chi connectivity index (χ3v) is 7.22. The quantitative estimate of drug-likeness (QED) is 0.299. The normalized spacial score (nSPS) is 18.8. The van der Waals surface area contributed by atoms with E-state index in [0.717, 1.165) is 28.7 Å². The number of carbonyl (C=O) groups excluding carboxylic acids is 1. The first-order valence-electron chi connectivity index (χ1n) is 12.7. The Bertz CT molecular complexity index is 1410. The van der Waals surface area contributed by atoms with E-state index in [0.29, 0.717) is 30.1 Å². The third-order valence-electron chi connectivity index (χ3n) is 7.22. The fraction of sp³-hybridized carbons (Fsp3) is 0.242. The van der Waals surface area contributed by atoms with E-state index in [4.69, 9.17) is 9.47 Å². The minimum absolute atomic E-state index is 0.0665. The van der Waals surface area contributed by atoms with Crippen LogP contribution in [0.25, 0.3) is 5.57 Å². The molecule has 0 fully saturated rings. The van der Waals surface area contributed by atoms with Gasteiger partial charge in [0.05, 0.1) is 7.11 Å². The number of halogens is 1. The van der Waals surface area contributed by atoms with Gasteiger partial charge in [0.1, 0.15) is 12.4 Å². The molecule has 0 aromatic heterocycles. The minimum atomic E-state index is -0.379. The monoisotopic (exact) mass is 494 g/mol. The van der Waals surface area contributed by atoms with E-state index in [-0.39, 0.29) is 23.4 Å². The van der Waals surface area contributed by atoms with Crippen LogP contribution in [-0.2, 0) is 0 Å². The van der Waals surface area contributed by atoms with Crippen LogP contribution in [0.4, 0.5) is 4.39 Å². The number of carbonyl (C=O) groups is 1. The van der Waals surface area contributed by atoms with Crippen LogP contribution in [0.3, 0.4) is 0 Å². The molecule has 0 saturated carbocycles. The van der Waals surface area contributed by atoms with Crippen molar-refractivity contribution in [3.63, 3.8) is 0 Å². The van der Waals surface area contributed by atoms with Crippen LogP contribution in [0.2, 0.25) is 0 Å². The highest BCUT2D eigenvalue weighted by Crippen LogP contribution is 2.48. The topological polar surface area (TPSA) is 35.5 Å². The van der Waals surface area contributed by atoms with Gasteiger partial charge in [-0.1, -0.05) is 71.8 Å². The lowest BCUT2D eigenvalue weighted by atomic mass is 9.82. The van der Waals surface area contributed by atoms with Crippen molar-refractivity contribution < 1.29 is 18.7 Å². The highest BCUT2D eigenvalue weighted by atomic mass is 19.1. The summed E-state index contributed by atoms with van der Waals surface area (Å²) in [5.74, 6) is 0.600. The molecule has 0 amide bonds. The molecule has 5 rings (SSSR count). The van der Waals surface area contributed by atoms with Crippen LogP contribution in [0.15, 0.2) is 96.1 Å². The Morgan fingerprint density at radius 2 is 1.81 bits per heavy atom. The Hall–Kier alpha value is -3.92. The van der Waals surface area contributed by atoms with Gasteiger partial charge in [0, 0.05) is 23.0 Å². The zero-order valence-electron chi connectivity index (χ0n) is 21.5. The molecule has 3 aromatic carbocycles. The molecule has 2 atom stereocenters. The van der Waals surface area contributed by atoms with E-state index in [1.807, 2.05) is 55.5 Å². The van der Waals surface area contributed by atoms with Gasteiger partial charge in [0.25, 0.3) is 0 Å². The zero-order valence-corrected chi connectivity index (χ0v) is 21.5. The van der Waals surface area contributed by atoms with Gasteiger partial charge in [-0.05, 0) is 67.7 Å². The summed E-state index contributed by atoms with van der Waals surface area (Å²) in [6, 6.07) is 20.1. The Morgan fingerprint density at radius 3 is 2.51 bits per heavy atom. The molecule has 2 unspecified atom stereocenters. The van der Waals surface area contributed by atoms with Crippen LogP contribution >= 0.6 is 0 Å². The average Bonchev–Trinajstić information content (AvgIpc) is 3.53. The maximum absolute atomic E-state index is 13.8. The Labute approximate surface area is 217 Å². The minimum Gasteiger partial charge on any atom is -0.493 e. The van der Waals surface area contributed by atoms with E-state index < -0.39 is 0 Å². The highest BCUT2D eigenvalue weighted by Gasteiger charge is 2.37. The Balaban J connectivity index is 1.50. The van der Waals surface area contributed by atoms with Gasteiger partial charge in [-0.3, -0.25) is 4.79 Å². The van der Waals surface area contributed by atoms with Gasteiger partial charge in [-0.15, -0.1) is 0 Å². The predicted octanol–water partition coefficient (Wildman–Crippen LogP) is 7.87. The molecule has 188 valence electrons. The first-order valence-corrected chi connectivity index (χ1v) is 12.7. The van der Waals surface area contributed by atoms with Crippen molar-refractivity contribution in [1.82, 2.24) is 0 Å². The van der Waals surface area contributed by atoms with E-state index in [1.54, 1.807) is 19.2 Å². The van der Waals surface area contributed by atoms with Gasteiger partial charge in [-0.2, -0.15) is 0 Å². The molecule has 0 N–H and O–H groups in total. The summed E-state index contributed by atoms with van der Waals surface area (Å²) >= 11 is 0.